The van der Waals surface area contributed by atoms with Crippen LogP contribution in [0, 0.1) is 0 Å². The standard InChI is InChI=1S/C21H19N3O4S2/c22-30(27,28)14-8-6-13(7-9-14)3-1-4-16(25)15-10-11-17(26)20-19(15)23-21(24-20)18-5-2-12-29-18/h2,5-12,26H,1,3-4H2,(H,23,24)(H2,22,27,28). The van der Waals surface area contributed by atoms with E-state index in [0.717, 1.165) is 10.4 Å². The van der Waals surface area contributed by atoms with Crippen molar-refractivity contribution in [3.05, 3.63) is 65.0 Å². The van der Waals surface area contributed by atoms with Crippen LogP contribution in [-0.2, 0) is 16.4 Å². The number of nitrogens with two attached hydrogens (primary N) is 1. The molecule has 0 bridgehead atoms. The van der Waals surface area contributed by atoms with E-state index >= 15 is 0 Å². The summed E-state index contributed by atoms with van der Waals surface area (Å²) in [7, 11) is -3.71. The summed E-state index contributed by atoms with van der Waals surface area (Å²) in [4.78, 5) is 21.4. The lowest BCUT2D eigenvalue weighted by molar-refractivity contribution is 0.0981. The topological polar surface area (TPSA) is 126 Å². The van der Waals surface area contributed by atoms with Gasteiger partial charge in [0.15, 0.2) is 5.78 Å². The van der Waals surface area contributed by atoms with Crippen LogP contribution >= 0.6 is 11.3 Å². The molecule has 0 spiro atoms. The van der Waals surface area contributed by atoms with E-state index < -0.39 is 10.0 Å². The number of sulfonamides is 1. The number of thiophene rings is 1. The van der Waals surface area contributed by atoms with E-state index in [1.165, 1.54) is 29.5 Å². The molecular formula is C21H19N3O4S2. The van der Waals surface area contributed by atoms with E-state index in [1.807, 2.05) is 17.5 Å². The predicted octanol–water partition coefficient (Wildman–Crippen LogP) is 3.85. The van der Waals surface area contributed by atoms with Crippen LogP contribution in [0.2, 0.25) is 0 Å². The van der Waals surface area contributed by atoms with E-state index in [9.17, 15) is 18.3 Å². The second-order valence-corrected chi connectivity index (χ2v) is 9.39. The number of ketones is 1. The highest BCUT2D eigenvalue weighted by Crippen LogP contribution is 2.31. The number of aromatic nitrogens is 2. The Labute approximate surface area is 177 Å². The number of hydrogen-bond acceptors (Lipinski definition) is 6. The second kappa shape index (κ2) is 8.02. The summed E-state index contributed by atoms with van der Waals surface area (Å²) < 4.78 is 22.6. The minimum Gasteiger partial charge on any atom is -0.506 e. The Morgan fingerprint density at radius 2 is 1.90 bits per heavy atom. The van der Waals surface area contributed by atoms with Crippen molar-refractivity contribution >= 4 is 38.2 Å². The zero-order valence-corrected chi connectivity index (χ0v) is 17.5. The smallest absolute Gasteiger partial charge is 0.238 e. The number of carbonyl (C=O) groups excluding carboxylic acids is 1. The van der Waals surface area contributed by atoms with Gasteiger partial charge in [0, 0.05) is 12.0 Å². The minimum absolute atomic E-state index is 0.0480. The number of phenols is 1. The first-order valence-corrected chi connectivity index (χ1v) is 11.7. The number of hydrogen-bond donors (Lipinski definition) is 3. The van der Waals surface area contributed by atoms with Crippen LogP contribution in [0.1, 0.15) is 28.8 Å². The number of benzene rings is 2. The fourth-order valence-electron chi connectivity index (χ4n) is 3.27. The van der Waals surface area contributed by atoms with Crippen LogP contribution in [0.15, 0.2) is 58.8 Å². The molecule has 154 valence electrons. The maximum absolute atomic E-state index is 12.8. The van der Waals surface area contributed by atoms with Crippen LogP contribution in [0.3, 0.4) is 0 Å². The molecule has 0 saturated heterocycles. The van der Waals surface area contributed by atoms with Gasteiger partial charge in [-0.3, -0.25) is 4.79 Å². The molecule has 4 aromatic rings. The number of fused-ring (bicyclic) bond motifs is 1. The first-order valence-electron chi connectivity index (χ1n) is 9.23. The van der Waals surface area contributed by atoms with E-state index in [0.29, 0.717) is 41.7 Å². The Morgan fingerprint density at radius 3 is 2.57 bits per heavy atom. The first-order chi connectivity index (χ1) is 14.3. The Kier molecular flexibility index (Phi) is 5.42. The van der Waals surface area contributed by atoms with Gasteiger partial charge >= 0.3 is 0 Å². The molecule has 2 heterocycles. The molecule has 30 heavy (non-hydrogen) atoms. The number of Topliss-reactive ketones (excluding diaryl/α,β-unsaturated/α-hetero) is 1. The number of phenolic OH excluding ortho intramolecular Hbond substituents is 1. The van der Waals surface area contributed by atoms with Crippen LogP contribution in [0.4, 0.5) is 0 Å². The highest BCUT2D eigenvalue weighted by molar-refractivity contribution is 7.89. The number of aryl methyl sites for hydroxylation is 1. The zero-order valence-electron chi connectivity index (χ0n) is 15.8. The summed E-state index contributed by atoms with van der Waals surface area (Å²) in [6, 6.07) is 13.3. The molecule has 4 N–H and O–H groups in total. The van der Waals surface area contributed by atoms with Gasteiger partial charge in [0.1, 0.15) is 22.6 Å². The predicted molar refractivity (Wildman–Crippen MR) is 116 cm³/mol. The number of primary sulfonamides is 1. The lowest BCUT2D eigenvalue weighted by Gasteiger charge is -2.05. The molecule has 0 saturated carbocycles. The minimum atomic E-state index is -3.71. The van der Waals surface area contributed by atoms with Crippen molar-refractivity contribution < 1.29 is 18.3 Å². The van der Waals surface area contributed by atoms with Gasteiger partial charge in [-0.15, -0.1) is 11.3 Å². The maximum atomic E-state index is 12.8. The molecule has 4 rings (SSSR count). The molecule has 0 fully saturated rings. The van der Waals surface area contributed by atoms with Crippen molar-refractivity contribution in [2.75, 3.05) is 0 Å². The zero-order chi connectivity index (χ0) is 21.3. The maximum Gasteiger partial charge on any atom is 0.238 e. The Balaban J connectivity index is 1.49. The van der Waals surface area contributed by atoms with Gasteiger partial charge in [0.25, 0.3) is 0 Å². The van der Waals surface area contributed by atoms with Crippen molar-refractivity contribution in [1.82, 2.24) is 9.97 Å². The van der Waals surface area contributed by atoms with Crippen LogP contribution in [0.25, 0.3) is 21.7 Å². The number of carbonyl (C=O) groups is 1. The van der Waals surface area contributed by atoms with Crippen LogP contribution < -0.4 is 5.14 Å². The number of H-pyrrole nitrogens is 1. The Bertz CT molecular complexity index is 1310. The van der Waals surface area contributed by atoms with Crippen LogP contribution in [-0.4, -0.2) is 29.3 Å². The highest BCUT2D eigenvalue weighted by atomic mass is 32.2. The van der Waals surface area contributed by atoms with E-state index in [4.69, 9.17) is 5.14 Å². The molecule has 0 aliphatic heterocycles. The van der Waals surface area contributed by atoms with Gasteiger partial charge in [-0.2, -0.15) is 0 Å². The average molecular weight is 442 g/mol. The van der Waals surface area contributed by atoms with Crippen molar-refractivity contribution in [3.63, 3.8) is 0 Å². The van der Waals surface area contributed by atoms with Crippen molar-refractivity contribution in [2.45, 2.75) is 24.2 Å². The van der Waals surface area contributed by atoms with Gasteiger partial charge in [-0.05, 0) is 54.1 Å². The third kappa shape index (κ3) is 4.13. The first kappa shape index (κ1) is 20.3. The van der Waals surface area contributed by atoms with Gasteiger partial charge in [0.05, 0.1) is 9.77 Å². The summed E-state index contributed by atoms with van der Waals surface area (Å²) in [5.41, 5.74) is 2.29. The van der Waals surface area contributed by atoms with Gasteiger partial charge in [-0.1, -0.05) is 18.2 Å². The van der Waals surface area contributed by atoms with Crippen molar-refractivity contribution in [2.24, 2.45) is 5.14 Å². The molecule has 2 aromatic heterocycles. The molecular weight excluding hydrogens is 422 g/mol. The third-order valence-electron chi connectivity index (χ3n) is 4.80. The number of aromatic amines is 1. The van der Waals surface area contributed by atoms with Crippen LogP contribution in [0.5, 0.6) is 5.75 Å². The molecule has 7 nitrogen and oxygen atoms in total. The molecule has 0 aliphatic carbocycles. The highest BCUT2D eigenvalue weighted by Gasteiger charge is 2.17. The number of rotatable bonds is 7. The fraction of sp³-hybridized carbons (Fsp3) is 0.143. The molecule has 2 aromatic carbocycles. The second-order valence-electron chi connectivity index (χ2n) is 6.88. The summed E-state index contributed by atoms with van der Waals surface area (Å²) in [5, 5.41) is 17.2. The molecule has 0 aliphatic rings. The Morgan fingerprint density at radius 1 is 1.13 bits per heavy atom. The summed E-state index contributed by atoms with van der Waals surface area (Å²) in [6.45, 7) is 0. The number of nitrogens with one attached hydrogen (secondary N) is 1. The summed E-state index contributed by atoms with van der Waals surface area (Å²) >= 11 is 1.52. The summed E-state index contributed by atoms with van der Waals surface area (Å²) in [5.74, 6) is 0.600. The van der Waals surface area contributed by atoms with Gasteiger partial charge < -0.3 is 10.1 Å². The number of nitrogens with zero attached hydrogens (tertiary/aromatic N) is 1. The van der Waals surface area contributed by atoms with E-state index in [1.54, 1.807) is 18.2 Å². The van der Waals surface area contributed by atoms with Gasteiger partial charge in [-0.25, -0.2) is 18.5 Å². The molecule has 0 unspecified atom stereocenters. The Hall–Kier alpha value is -3.01. The normalized spacial score (nSPS) is 11.8. The van der Waals surface area contributed by atoms with E-state index in [-0.39, 0.29) is 16.4 Å². The van der Waals surface area contributed by atoms with Gasteiger partial charge in [0.2, 0.25) is 10.0 Å². The molecule has 0 amide bonds. The molecule has 9 heteroatoms. The third-order valence-corrected chi connectivity index (χ3v) is 6.60. The lowest BCUT2D eigenvalue weighted by Crippen LogP contribution is -2.11. The summed E-state index contributed by atoms with van der Waals surface area (Å²) in [6.07, 6.45) is 1.52. The monoisotopic (exact) mass is 441 g/mol. The van der Waals surface area contributed by atoms with Crippen molar-refractivity contribution in [3.8, 4) is 16.5 Å². The number of imidazole rings is 1. The molecule has 0 radical (unpaired) electrons. The largest absolute Gasteiger partial charge is 0.506 e. The van der Waals surface area contributed by atoms with E-state index in [2.05, 4.69) is 9.97 Å². The SMILES string of the molecule is NS(=O)(=O)c1ccc(CCCC(=O)c2ccc(O)c3[nH]c(-c4cccs4)nc23)cc1. The van der Waals surface area contributed by atoms with Crippen molar-refractivity contribution in [1.29, 1.82) is 0 Å². The fourth-order valence-corrected chi connectivity index (χ4v) is 4.45. The number of aromatic hydroxyl groups is 1. The average Bonchev–Trinajstić information content (AvgIpc) is 3.38. The quantitative estimate of drug-likeness (QED) is 0.376. The molecule has 0 atom stereocenters. The lowest BCUT2D eigenvalue weighted by atomic mass is 10.0.